The molecule has 1 aliphatic carbocycles. The summed E-state index contributed by atoms with van der Waals surface area (Å²) in [5, 5.41) is 3.52. The lowest BCUT2D eigenvalue weighted by Gasteiger charge is -2.33. The van der Waals surface area contributed by atoms with Gasteiger partial charge in [0.05, 0.1) is 17.7 Å². The van der Waals surface area contributed by atoms with Crippen molar-refractivity contribution in [3.8, 4) is 5.75 Å². The minimum Gasteiger partial charge on any atom is -0.495 e. The molecule has 0 aliphatic heterocycles. The number of rotatable bonds is 11. The van der Waals surface area contributed by atoms with E-state index in [1.165, 1.54) is 24.1 Å². The number of halogens is 1. The molecule has 3 aromatic carbocycles. The van der Waals surface area contributed by atoms with Crippen LogP contribution in [-0.4, -0.2) is 50.9 Å². The maximum absolute atomic E-state index is 14.2. The van der Waals surface area contributed by atoms with E-state index >= 15 is 0 Å². The fourth-order valence-electron chi connectivity index (χ4n) is 5.13. The third-order valence-corrected chi connectivity index (χ3v) is 9.80. The highest BCUT2D eigenvalue weighted by Gasteiger charge is 2.34. The molecule has 1 N–H and O–H groups in total. The molecule has 1 saturated carbocycles. The van der Waals surface area contributed by atoms with Crippen LogP contribution in [0.3, 0.4) is 0 Å². The Kier molecular flexibility index (Phi) is 10.2. The van der Waals surface area contributed by atoms with Crippen LogP contribution in [0.15, 0.2) is 71.6 Å². The van der Waals surface area contributed by atoms with Crippen molar-refractivity contribution in [2.45, 2.75) is 70.0 Å². The van der Waals surface area contributed by atoms with Gasteiger partial charge in [-0.25, -0.2) is 8.42 Å². The molecule has 0 saturated heterocycles. The van der Waals surface area contributed by atoms with E-state index in [2.05, 4.69) is 5.32 Å². The lowest BCUT2D eigenvalue weighted by atomic mass is 10.1. The summed E-state index contributed by atoms with van der Waals surface area (Å²) in [4.78, 5) is 29.0. The molecule has 1 aliphatic rings. The standard InChI is InChI=1S/C32H38ClN3O5S/c1-22-13-16-27(17-14-22)42(39,40)36(29-19-23(2)15-18-30(29)41-4)21-31(37)35(20-25-9-5-8-12-28(25)33)24(3)32(38)34-26-10-6-7-11-26/h5,8-9,12-19,24,26H,6-7,10-11,20-21H2,1-4H3,(H,34,38)/t24-/m0/s1. The zero-order chi connectivity index (χ0) is 30.4. The highest BCUT2D eigenvalue weighted by Crippen LogP contribution is 2.34. The molecule has 4 rings (SSSR count). The monoisotopic (exact) mass is 611 g/mol. The van der Waals surface area contributed by atoms with Crippen LogP contribution in [0.1, 0.15) is 49.3 Å². The number of carbonyl (C=O) groups is 2. The van der Waals surface area contributed by atoms with Gasteiger partial charge in [-0.3, -0.25) is 13.9 Å². The molecule has 3 aromatic rings. The lowest BCUT2D eigenvalue weighted by molar-refractivity contribution is -0.139. The molecule has 0 bridgehead atoms. The Morgan fingerprint density at radius 3 is 2.29 bits per heavy atom. The summed E-state index contributed by atoms with van der Waals surface area (Å²) in [5.74, 6) is -0.541. The first kappa shape index (κ1) is 31.4. The smallest absolute Gasteiger partial charge is 0.264 e. The highest BCUT2D eigenvalue weighted by molar-refractivity contribution is 7.92. The number of nitrogens with one attached hydrogen (secondary N) is 1. The fraction of sp³-hybridized carbons (Fsp3) is 0.375. The van der Waals surface area contributed by atoms with Crippen molar-refractivity contribution in [1.82, 2.24) is 10.2 Å². The van der Waals surface area contributed by atoms with Crippen LogP contribution in [0.4, 0.5) is 5.69 Å². The Hall–Kier alpha value is -3.56. The topological polar surface area (TPSA) is 96.0 Å². The predicted octanol–water partition coefficient (Wildman–Crippen LogP) is 5.64. The molecule has 0 aromatic heterocycles. The summed E-state index contributed by atoms with van der Waals surface area (Å²) in [6, 6.07) is 17.9. The number of aryl methyl sites for hydroxylation is 2. The molecule has 1 atom stereocenters. The summed E-state index contributed by atoms with van der Waals surface area (Å²) in [7, 11) is -2.77. The average molecular weight is 612 g/mol. The summed E-state index contributed by atoms with van der Waals surface area (Å²) < 4.78 is 34.8. The van der Waals surface area contributed by atoms with Crippen LogP contribution < -0.4 is 14.4 Å². The number of methoxy groups -OCH3 is 1. The Bertz CT molecular complexity index is 1520. The SMILES string of the molecule is COc1ccc(C)cc1N(CC(=O)N(Cc1ccccc1Cl)[C@@H](C)C(=O)NC1CCCC1)S(=O)(=O)c1ccc(C)cc1. The van der Waals surface area contributed by atoms with Gasteiger partial charge in [-0.05, 0) is 75.1 Å². The first-order valence-electron chi connectivity index (χ1n) is 14.1. The minimum absolute atomic E-state index is 0.0289. The van der Waals surface area contributed by atoms with Gasteiger partial charge >= 0.3 is 0 Å². The van der Waals surface area contributed by atoms with E-state index in [1.54, 1.807) is 61.5 Å². The first-order chi connectivity index (χ1) is 20.0. The van der Waals surface area contributed by atoms with E-state index in [4.69, 9.17) is 16.3 Å². The Morgan fingerprint density at radius 2 is 1.64 bits per heavy atom. The maximum atomic E-state index is 14.2. The number of nitrogens with zero attached hydrogens (tertiary/aromatic N) is 2. The molecule has 1 fully saturated rings. The normalized spacial score (nSPS) is 14.3. The van der Waals surface area contributed by atoms with Gasteiger partial charge < -0.3 is 15.0 Å². The number of ether oxygens (including phenoxy) is 1. The van der Waals surface area contributed by atoms with Crippen molar-refractivity contribution in [3.05, 3.63) is 88.4 Å². The molecule has 0 heterocycles. The number of hydrogen-bond acceptors (Lipinski definition) is 5. The zero-order valence-electron chi connectivity index (χ0n) is 24.5. The molecule has 2 amide bonds. The number of anilines is 1. The van der Waals surface area contributed by atoms with Crippen LogP contribution in [0.25, 0.3) is 0 Å². The average Bonchev–Trinajstić information content (AvgIpc) is 3.48. The lowest BCUT2D eigenvalue weighted by Crippen LogP contribution is -2.52. The van der Waals surface area contributed by atoms with Crippen LogP contribution in [0.5, 0.6) is 5.75 Å². The Morgan fingerprint density at radius 1 is 1.00 bits per heavy atom. The minimum atomic E-state index is -4.22. The molecule has 8 nitrogen and oxygen atoms in total. The van der Waals surface area contributed by atoms with Crippen LogP contribution in [0, 0.1) is 13.8 Å². The van der Waals surface area contributed by atoms with Gasteiger partial charge in [0.2, 0.25) is 11.8 Å². The second-order valence-electron chi connectivity index (χ2n) is 10.8. The van der Waals surface area contributed by atoms with Crippen molar-refractivity contribution in [3.63, 3.8) is 0 Å². The van der Waals surface area contributed by atoms with Crippen LogP contribution in [0.2, 0.25) is 5.02 Å². The van der Waals surface area contributed by atoms with Crippen molar-refractivity contribution in [2.24, 2.45) is 0 Å². The third kappa shape index (κ3) is 7.25. The van der Waals surface area contributed by atoms with Gasteiger partial charge in [-0.15, -0.1) is 0 Å². The predicted molar refractivity (Wildman–Crippen MR) is 165 cm³/mol. The molecule has 0 spiro atoms. The molecular formula is C32H38ClN3O5S. The summed E-state index contributed by atoms with van der Waals surface area (Å²) >= 11 is 6.46. The second kappa shape index (κ2) is 13.6. The summed E-state index contributed by atoms with van der Waals surface area (Å²) in [6.07, 6.45) is 3.89. The third-order valence-electron chi connectivity index (χ3n) is 7.66. The number of sulfonamides is 1. The van der Waals surface area contributed by atoms with Gasteiger partial charge in [0, 0.05) is 17.6 Å². The molecule has 10 heteroatoms. The Labute approximate surface area is 253 Å². The zero-order valence-corrected chi connectivity index (χ0v) is 26.0. The van der Waals surface area contributed by atoms with Crippen LogP contribution in [-0.2, 0) is 26.2 Å². The van der Waals surface area contributed by atoms with E-state index in [0.29, 0.717) is 16.3 Å². The largest absolute Gasteiger partial charge is 0.495 e. The van der Waals surface area contributed by atoms with Gasteiger partial charge in [0.1, 0.15) is 18.3 Å². The van der Waals surface area contributed by atoms with E-state index in [-0.39, 0.29) is 29.1 Å². The van der Waals surface area contributed by atoms with E-state index < -0.39 is 28.5 Å². The van der Waals surface area contributed by atoms with E-state index in [9.17, 15) is 18.0 Å². The molecule has 42 heavy (non-hydrogen) atoms. The maximum Gasteiger partial charge on any atom is 0.264 e. The molecule has 0 unspecified atom stereocenters. The van der Waals surface area contributed by atoms with Gasteiger partial charge in [-0.1, -0.05) is 66.4 Å². The number of hydrogen-bond donors (Lipinski definition) is 1. The molecule has 224 valence electrons. The number of benzene rings is 3. The van der Waals surface area contributed by atoms with E-state index in [1.807, 2.05) is 13.8 Å². The second-order valence-corrected chi connectivity index (χ2v) is 13.0. The van der Waals surface area contributed by atoms with Gasteiger partial charge in [0.25, 0.3) is 10.0 Å². The van der Waals surface area contributed by atoms with Gasteiger partial charge in [0.15, 0.2) is 0 Å². The summed E-state index contributed by atoms with van der Waals surface area (Å²) in [5.41, 5.74) is 2.57. The van der Waals surface area contributed by atoms with Crippen LogP contribution >= 0.6 is 11.6 Å². The van der Waals surface area contributed by atoms with Crippen molar-refractivity contribution in [2.75, 3.05) is 18.0 Å². The van der Waals surface area contributed by atoms with Crippen molar-refractivity contribution < 1.29 is 22.7 Å². The van der Waals surface area contributed by atoms with Crippen molar-refractivity contribution >= 4 is 39.1 Å². The van der Waals surface area contributed by atoms with Gasteiger partial charge in [-0.2, -0.15) is 0 Å². The first-order valence-corrected chi connectivity index (χ1v) is 15.9. The molecule has 0 radical (unpaired) electrons. The van der Waals surface area contributed by atoms with Crippen molar-refractivity contribution in [1.29, 1.82) is 0 Å². The Balaban J connectivity index is 1.75. The summed E-state index contributed by atoms with van der Waals surface area (Å²) in [6.45, 7) is 4.83. The number of amides is 2. The van der Waals surface area contributed by atoms with E-state index in [0.717, 1.165) is 41.1 Å². The fourth-order valence-corrected chi connectivity index (χ4v) is 6.74. The quantitative estimate of drug-likeness (QED) is 0.303. The molecular weight excluding hydrogens is 574 g/mol. The number of carbonyl (C=O) groups excluding carboxylic acids is 2. The highest BCUT2D eigenvalue weighted by atomic mass is 35.5.